The van der Waals surface area contributed by atoms with E-state index in [9.17, 15) is 61.3 Å². The second-order valence-corrected chi connectivity index (χ2v) is 12.5. The highest BCUT2D eigenvalue weighted by molar-refractivity contribution is 5.92. The standard InChI is InChI=1S/C36H32O16/c37-12-25-29(45)31(47)32(48)36(51-25)50-24-10-17-19(41)11-22(44)27(35(17)52-33(24)13-1-4-15(38)5-2-13)28-26-21(43)8-16(39)9-23(26)49-34(30(28)46)14-3-6-18(40)20(42)7-14/h1-11,25,28-32,34,36-37,45-48H,12H2,(H6-,38,39,40,41,42,43,44)/p+1/t25-,28+,29-,30-,31+,32+,34-,36-/m1/s1. The highest BCUT2D eigenvalue weighted by atomic mass is 16.7. The molecule has 0 bridgehead atoms. The Morgan fingerprint density at radius 3 is 2.04 bits per heavy atom. The Kier molecular flexibility index (Phi) is 8.74. The fourth-order valence-corrected chi connectivity index (χ4v) is 6.61. The van der Waals surface area contributed by atoms with Crippen molar-refractivity contribution in [2.45, 2.75) is 48.8 Å². The third-order valence-corrected chi connectivity index (χ3v) is 9.20. The summed E-state index contributed by atoms with van der Waals surface area (Å²) in [6.07, 6.45) is -11.4. The van der Waals surface area contributed by atoms with Crippen molar-refractivity contribution in [1.82, 2.24) is 0 Å². The molecule has 2 aliphatic rings. The van der Waals surface area contributed by atoms with Gasteiger partial charge in [-0.3, -0.25) is 0 Å². The van der Waals surface area contributed by atoms with Crippen LogP contribution in [0.4, 0.5) is 0 Å². The minimum atomic E-state index is -1.84. The number of aliphatic hydroxyl groups excluding tert-OH is 5. The molecule has 12 N–H and O–H groups in total. The van der Waals surface area contributed by atoms with Gasteiger partial charge in [0.05, 0.1) is 18.1 Å². The predicted octanol–water partition coefficient (Wildman–Crippen LogP) is 2.13. The van der Waals surface area contributed by atoms with Crippen LogP contribution in [-0.4, -0.2) is 105 Å². The largest absolute Gasteiger partial charge is 0.508 e. The molecule has 1 fully saturated rings. The summed E-state index contributed by atoms with van der Waals surface area (Å²) in [5.74, 6) is -5.21. The van der Waals surface area contributed by atoms with Gasteiger partial charge in [-0.2, -0.15) is 0 Å². The zero-order chi connectivity index (χ0) is 37.2. The molecular weight excluding hydrogens is 688 g/mol. The van der Waals surface area contributed by atoms with Crippen LogP contribution in [0, 0.1) is 0 Å². The molecular formula is C36H33O16+. The van der Waals surface area contributed by atoms with Gasteiger partial charge in [0, 0.05) is 29.8 Å². The number of hydrogen-bond donors (Lipinski definition) is 12. The molecule has 0 aliphatic carbocycles. The number of phenols is 7. The Labute approximate surface area is 292 Å². The lowest BCUT2D eigenvalue weighted by Gasteiger charge is -2.39. The lowest BCUT2D eigenvalue weighted by atomic mass is 9.78. The SMILES string of the molecule is OC[C@H]1O[C@@H](Oc2cc3c(O)cc(O)c([C@@H]4c5c(O)cc(O)cc5O[C@H](c5ccc(O)c(O)c5)[C@@H]4O)c3[o+]c2-c2ccc(O)cc2)[C@@H](O)[C@@H](O)[C@@H]1O. The van der Waals surface area contributed by atoms with Crippen molar-refractivity contribution in [3.05, 3.63) is 83.4 Å². The van der Waals surface area contributed by atoms with E-state index in [0.717, 1.165) is 30.3 Å². The van der Waals surface area contributed by atoms with E-state index in [-0.39, 0.29) is 56.2 Å². The Bertz CT molecular complexity index is 2150. The predicted molar refractivity (Wildman–Crippen MR) is 176 cm³/mol. The van der Waals surface area contributed by atoms with E-state index in [0.29, 0.717) is 0 Å². The van der Waals surface area contributed by atoms with E-state index in [4.69, 9.17) is 18.6 Å². The number of benzene rings is 4. The summed E-state index contributed by atoms with van der Waals surface area (Å²) in [4.78, 5) is 0. The zero-order valence-corrected chi connectivity index (χ0v) is 26.7. The van der Waals surface area contributed by atoms with Crippen LogP contribution in [0.3, 0.4) is 0 Å². The zero-order valence-electron chi connectivity index (χ0n) is 26.7. The first-order valence-electron chi connectivity index (χ1n) is 15.8. The van der Waals surface area contributed by atoms with Gasteiger partial charge in [-0.15, -0.1) is 0 Å². The van der Waals surface area contributed by atoms with E-state index in [1.54, 1.807) is 0 Å². The summed E-state index contributed by atoms with van der Waals surface area (Å²) in [5, 5.41) is 127. The summed E-state index contributed by atoms with van der Waals surface area (Å²) in [7, 11) is 0. The normalized spacial score (nSPS) is 25.7. The van der Waals surface area contributed by atoms with Crippen molar-refractivity contribution in [1.29, 1.82) is 0 Å². The molecule has 2 aliphatic heterocycles. The Morgan fingerprint density at radius 1 is 0.635 bits per heavy atom. The van der Waals surface area contributed by atoms with Crippen molar-refractivity contribution in [2.24, 2.45) is 0 Å². The van der Waals surface area contributed by atoms with E-state index in [2.05, 4.69) is 0 Å². The number of hydrogen-bond acceptors (Lipinski definition) is 15. The summed E-state index contributed by atoms with van der Waals surface area (Å²) in [5.41, 5.74) is -0.182. The molecule has 1 aromatic heterocycles. The lowest BCUT2D eigenvalue weighted by Crippen LogP contribution is -2.60. The minimum Gasteiger partial charge on any atom is -0.508 e. The van der Waals surface area contributed by atoms with Crippen molar-refractivity contribution >= 4 is 11.0 Å². The average Bonchev–Trinajstić information content (AvgIpc) is 3.10. The number of ether oxygens (including phenoxy) is 3. The van der Waals surface area contributed by atoms with Crippen LogP contribution in [-0.2, 0) is 4.74 Å². The third kappa shape index (κ3) is 5.82. The van der Waals surface area contributed by atoms with E-state index < -0.39 is 89.9 Å². The second kappa shape index (κ2) is 13.1. The van der Waals surface area contributed by atoms with E-state index in [1.165, 1.54) is 36.4 Å². The van der Waals surface area contributed by atoms with Gasteiger partial charge in [-0.05, 0) is 42.0 Å². The highest BCUT2D eigenvalue weighted by Gasteiger charge is 2.48. The van der Waals surface area contributed by atoms with E-state index >= 15 is 0 Å². The van der Waals surface area contributed by atoms with Gasteiger partial charge in [0.1, 0.15) is 76.0 Å². The van der Waals surface area contributed by atoms with Crippen molar-refractivity contribution in [3.8, 4) is 63.1 Å². The maximum absolute atomic E-state index is 12.0. The van der Waals surface area contributed by atoms with Gasteiger partial charge in [0.25, 0.3) is 0 Å². The van der Waals surface area contributed by atoms with Crippen LogP contribution >= 0.6 is 0 Å². The van der Waals surface area contributed by atoms with Crippen LogP contribution in [0.2, 0.25) is 0 Å². The van der Waals surface area contributed by atoms with Gasteiger partial charge in [-0.1, -0.05) is 6.07 Å². The minimum absolute atomic E-state index is 0.102. The molecule has 52 heavy (non-hydrogen) atoms. The summed E-state index contributed by atoms with van der Waals surface area (Å²) in [6, 6.07) is 13.4. The van der Waals surface area contributed by atoms with Crippen LogP contribution in [0.15, 0.2) is 71.1 Å². The van der Waals surface area contributed by atoms with Crippen molar-refractivity contribution < 1.29 is 79.9 Å². The maximum Gasteiger partial charge on any atom is 0.402 e. The molecule has 0 radical (unpaired) electrons. The van der Waals surface area contributed by atoms with Gasteiger partial charge in [0.2, 0.25) is 12.0 Å². The first-order valence-corrected chi connectivity index (χ1v) is 15.8. The molecule has 16 nitrogen and oxygen atoms in total. The molecule has 5 aromatic rings. The third-order valence-electron chi connectivity index (χ3n) is 9.20. The Balaban J connectivity index is 1.46. The first kappa shape index (κ1) is 34.7. The smallest absolute Gasteiger partial charge is 0.402 e. The summed E-state index contributed by atoms with van der Waals surface area (Å²) < 4.78 is 23.8. The molecule has 272 valence electrons. The molecule has 0 unspecified atom stereocenters. The maximum atomic E-state index is 12.0. The molecule has 4 aromatic carbocycles. The van der Waals surface area contributed by atoms with Crippen molar-refractivity contribution in [3.63, 3.8) is 0 Å². The Hall–Kier alpha value is -5.75. The molecule has 0 spiro atoms. The molecule has 8 atom stereocenters. The molecule has 16 heteroatoms. The van der Waals surface area contributed by atoms with Crippen LogP contribution < -0.4 is 9.47 Å². The van der Waals surface area contributed by atoms with Gasteiger partial charge in [0.15, 0.2) is 17.6 Å². The topological polar surface area (TPSA) is 282 Å². The summed E-state index contributed by atoms with van der Waals surface area (Å²) in [6.45, 7) is -0.745. The number of phenolic OH excluding ortho intramolecular Hbond substituents is 7. The number of aromatic hydroxyl groups is 7. The quantitative estimate of drug-likeness (QED) is 0.0883. The molecule has 7 rings (SSSR count). The fraction of sp³-hybridized carbons (Fsp3) is 0.250. The van der Waals surface area contributed by atoms with Crippen molar-refractivity contribution in [2.75, 3.05) is 6.61 Å². The average molecular weight is 722 g/mol. The monoisotopic (exact) mass is 721 g/mol. The number of rotatable bonds is 6. The number of aliphatic hydroxyl groups is 5. The van der Waals surface area contributed by atoms with Crippen LogP contribution in [0.25, 0.3) is 22.3 Å². The lowest BCUT2D eigenvalue weighted by molar-refractivity contribution is -0.277. The molecule has 1 saturated heterocycles. The fourth-order valence-electron chi connectivity index (χ4n) is 6.61. The second-order valence-electron chi connectivity index (χ2n) is 12.5. The van der Waals surface area contributed by atoms with Crippen LogP contribution in [0.1, 0.15) is 28.7 Å². The summed E-state index contributed by atoms with van der Waals surface area (Å²) >= 11 is 0. The van der Waals surface area contributed by atoms with Gasteiger partial charge >= 0.3 is 11.3 Å². The molecule has 0 amide bonds. The van der Waals surface area contributed by atoms with Gasteiger partial charge < -0.3 is 75.5 Å². The van der Waals surface area contributed by atoms with E-state index in [1.807, 2.05) is 0 Å². The molecule has 0 saturated carbocycles. The number of fused-ring (bicyclic) bond motifs is 2. The Morgan fingerprint density at radius 2 is 1.35 bits per heavy atom. The van der Waals surface area contributed by atoms with Gasteiger partial charge in [-0.25, -0.2) is 4.42 Å². The highest BCUT2D eigenvalue weighted by Crippen LogP contribution is 2.55. The first-order chi connectivity index (χ1) is 24.8. The molecule has 3 heterocycles. The van der Waals surface area contributed by atoms with Crippen LogP contribution in [0.5, 0.6) is 51.7 Å².